The zero-order chi connectivity index (χ0) is 18.8. The van der Waals surface area contributed by atoms with Crippen LogP contribution in [-0.4, -0.2) is 42.2 Å². The number of rotatable bonds is 9. The van der Waals surface area contributed by atoms with E-state index in [2.05, 4.69) is 0 Å². The summed E-state index contributed by atoms with van der Waals surface area (Å²) in [5.74, 6) is 0. The predicted octanol–water partition coefficient (Wildman–Crippen LogP) is 3.52. The van der Waals surface area contributed by atoms with Gasteiger partial charge in [-0.1, -0.05) is 60.7 Å². The van der Waals surface area contributed by atoms with E-state index in [0.717, 1.165) is 16.2 Å². The van der Waals surface area contributed by atoms with Crippen molar-refractivity contribution in [3.8, 4) is 0 Å². The largest absolute Gasteiger partial charge is 0.443 e. The standard InChI is InChI=1S/C20H24FNO4/c1-25-22(20(24)26-15-17-10-6-3-7-11-17)19(18(21)14-23)13-12-16-8-4-2-5-9-16/h2-11,18-19,23H,12-15H2,1H3/t18-,19-/m1/s1. The van der Waals surface area contributed by atoms with Gasteiger partial charge in [0.15, 0.2) is 0 Å². The molecule has 2 rings (SSSR count). The molecule has 5 nitrogen and oxygen atoms in total. The van der Waals surface area contributed by atoms with Crippen LogP contribution in [0.2, 0.25) is 0 Å². The van der Waals surface area contributed by atoms with Gasteiger partial charge in [-0.25, -0.2) is 9.18 Å². The number of carbonyl (C=O) groups excluding carboxylic acids is 1. The SMILES string of the molecule is CON(C(=O)OCc1ccccc1)[C@H](CCc1ccccc1)[C@H](F)CO. The van der Waals surface area contributed by atoms with E-state index in [1.54, 1.807) is 0 Å². The Morgan fingerprint density at radius 3 is 2.19 bits per heavy atom. The number of nitrogens with zero attached hydrogens (tertiary/aromatic N) is 1. The third-order valence-electron chi connectivity index (χ3n) is 4.05. The Kier molecular flexibility index (Phi) is 8.05. The Morgan fingerprint density at radius 1 is 1.08 bits per heavy atom. The molecule has 0 bridgehead atoms. The maximum Gasteiger partial charge on any atom is 0.434 e. The number of carbonyl (C=O) groups is 1. The Bertz CT molecular complexity index is 653. The highest BCUT2D eigenvalue weighted by Gasteiger charge is 2.32. The molecule has 140 valence electrons. The molecule has 6 heteroatoms. The molecule has 0 saturated carbocycles. The van der Waals surface area contributed by atoms with Crippen molar-refractivity contribution in [2.45, 2.75) is 31.7 Å². The number of aliphatic hydroxyl groups excluding tert-OH is 1. The number of ether oxygens (including phenoxy) is 1. The second kappa shape index (κ2) is 10.5. The van der Waals surface area contributed by atoms with Gasteiger partial charge in [0.2, 0.25) is 0 Å². The minimum atomic E-state index is -1.64. The first-order valence-electron chi connectivity index (χ1n) is 8.48. The minimum Gasteiger partial charge on any atom is -0.443 e. The zero-order valence-electron chi connectivity index (χ0n) is 14.8. The molecule has 0 spiro atoms. The van der Waals surface area contributed by atoms with Gasteiger partial charge < -0.3 is 9.84 Å². The van der Waals surface area contributed by atoms with E-state index in [9.17, 15) is 14.3 Å². The van der Waals surface area contributed by atoms with Crippen molar-refractivity contribution in [1.29, 1.82) is 0 Å². The van der Waals surface area contributed by atoms with Gasteiger partial charge in [0.05, 0.1) is 19.8 Å². The number of benzene rings is 2. The van der Waals surface area contributed by atoms with Crippen molar-refractivity contribution >= 4 is 6.09 Å². The van der Waals surface area contributed by atoms with Gasteiger partial charge in [0.1, 0.15) is 12.8 Å². The van der Waals surface area contributed by atoms with Crippen molar-refractivity contribution in [3.63, 3.8) is 0 Å². The van der Waals surface area contributed by atoms with E-state index >= 15 is 0 Å². The van der Waals surface area contributed by atoms with Crippen molar-refractivity contribution < 1.29 is 23.9 Å². The lowest BCUT2D eigenvalue weighted by Crippen LogP contribution is -2.46. The molecule has 0 aliphatic heterocycles. The summed E-state index contributed by atoms with van der Waals surface area (Å²) in [7, 11) is 1.28. The Balaban J connectivity index is 2.01. The van der Waals surface area contributed by atoms with Crippen LogP contribution in [0.5, 0.6) is 0 Å². The highest BCUT2D eigenvalue weighted by Crippen LogP contribution is 2.18. The van der Waals surface area contributed by atoms with E-state index in [0.29, 0.717) is 12.8 Å². The summed E-state index contributed by atoms with van der Waals surface area (Å²) in [6.45, 7) is -0.647. The summed E-state index contributed by atoms with van der Waals surface area (Å²) < 4.78 is 19.5. The van der Waals surface area contributed by atoms with Crippen LogP contribution in [0.4, 0.5) is 9.18 Å². The second-order valence-corrected chi connectivity index (χ2v) is 5.84. The molecule has 0 saturated heterocycles. The van der Waals surface area contributed by atoms with Gasteiger partial charge in [-0.15, -0.1) is 0 Å². The van der Waals surface area contributed by atoms with E-state index in [4.69, 9.17) is 9.57 Å². The smallest absolute Gasteiger partial charge is 0.434 e. The molecule has 2 aromatic carbocycles. The summed E-state index contributed by atoms with van der Waals surface area (Å²) >= 11 is 0. The molecule has 2 aromatic rings. The molecule has 0 aliphatic rings. The lowest BCUT2D eigenvalue weighted by molar-refractivity contribution is -0.157. The summed E-state index contributed by atoms with van der Waals surface area (Å²) in [5, 5.41) is 10.1. The van der Waals surface area contributed by atoms with Crippen LogP contribution in [0.3, 0.4) is 0 Å². The maximum absolute atomic E-state index is 14.3. The van der Waals surface area contributed by atoms with E-state index in [-0.39, 0.29) is 6.61 Å². The average Bonchev–Trinajstić information content (AvgIpc) is 2.70. The van der Waals surface area contributed by atoms with Gasteiger partial charge in [0.25, 0.3) is 0 Å². The van der Waals surface area contributed by atoms with Crippen LogP contribution in [0, 0.1) is 0 Å². The highest BCUT2D eigenvalue weighted by molar-refractivity contribution is 5.66. The predicted molar refractivity (Wildman–Crippen MR) is 96.0 cm³/mol. The molecule has 1 N–H and O–H groups in total. The van der Waals surface area contributed by atoms with Crippen LogP contribution in [-0.2, 0) is 22.6 Å². The highest BCUT2D eigenvalue weighted by atomic mass is 19.1. The molecular weight excluding hydrogens is 337 g/mol. The van der Waals surface area contributed by atoms with Crippen LogP contribution in [0.15, 0.2) is 60.7 Å². The van der Waals surface area contributed by atoms with Crippen LogP contribution in [0.1, 0.15) is 17.5 Å². The number of hydrogen-bond donors (Lipinski definition) is 1. The molecule has 0 heterocycles. The molecule has 2 atom stereocenters. The number of hydrogen-bond acceptors (Lipinski definition) is 4. The van der Waals surface area contributed by atoms with Crippen LogP contribution >= 0.6 is 0 Å². The second-order valence-electron chi connectivity index (χ2n) is 5.84. The monoisotopic (exact) mass is 361 g/mol. The summed E-state index contributed by atoms with van der Waals surface area (Å²) in [4.78, 5) is 17.4. The Labute approximate surface area is 152 Å². The van der Waals surface area contributed by atoms with E-state index < -0.39 is 24.9 Å². The van der Waals surface area contributed by atoms with Crippen molar-refractivity contribution in [2.24, 2.45) is 0 Å². The molecule has 0 unspecified atom stereocenters. The molecule has 0 aromatic heterocycles. The number of amides is 1. The van der Waals surface area contributed by atoms with Crippen molar-refractivity contribution in [2.75, 3.05) is 13.7 Å². The Morgan fingerprint density at radius 2 is 1.65 bits per heavy atom. The minimum absolute atomic E-state index is 0.0566. The van der Waals surface area contributed by atoms with Gasteiger partial charge in [0, 0.05) is 0 Å². The van der Waals surface area contributed by atoms with Crippen molar-refractivity contribution in [3.05, 3.63) is 71.8 Å². The first kappa shape index (κ1) is 19.9. The summed E-state index contributed by atoms with van der Waals surface area (Å²) in [5.41, 5.74) is 1.83. The third kappa shape index (κ3) is 5.82. The lowest BCUT2D eigenvalue weighted by Gasteiger charge is -2.30. The van der Waals surface area contributed by atoms with Gasteiger partial charge >= 0.3 is 6.09 Å². The first-order valence-corrected chi connectivity index (χ1v) is 8.48. The topological polar surface area (TPSA) is 59.0 Å². The fourth-order valence-electron chi connectivity index (χ4n) is 2.65. The third-order valence-corrected chi connectivity index (χ3v) is 4.05. The van der Waals surface area contributed by atoms with E-state index in [1.807, 2.05) is 60.7 Å². The van der Waals surface area contributed by atoms with Crippen LogP contribution < -0.4 is 0 Å². The fourth-order valence-corrected chi connectivity index (χ4v) is 2.65. The zero-order valence-corrected chi connectivity index (χ0v) is 14.8. The molecule has 1 amide bonds. The van der Waals surface area contributed by atoms with Gasteiger partial charge in [-0.05, 0) is 24.0 Å². The van der Waals surface area contributed by atoms with Crippen molar-refractivity contribution in [1.82, 2.24) is 5.06 Å². The molecule has 0 aliphatic carbocycles. The number of hydroxylamine groups is 2. The average molecular weight is 361 g/mol. The fraction of sp³-hybridized carbons (Fsp3) is 0.350. The number of aryl methyl sites for hydroxylation is 1. The molecule has 0 radical (unpaired) electrons. The number of halogens is 1. The number of alkyl halides is 1. The first-order chi connectivity index (χ1) is 12.7. The summed E-state index contributed by atoms with van der Waals surface area (Å²) in [6, 6.07) is 17.8. The van der Waals surface area contributed by atoms with E-state index in [1.165, 1.54) is 7.11 Å². The van der Waals surface area contributed by atoms with Crippen LogP contribution in [0.25, 0.3) is 0 Å². The quantitative estimate of drug-likeness (QED) is 0.695. The lowest BCUT2D eigenvalue weighted by atomic mass is 10.0. The molecule has 26 heavy (non-hydrogen) atoms. The Hall–Kier alpha value is -2.44. The summed E-state index contributed by atoms with van der Waals surface area (Å²) in [6.07, 6.45) is -1.59. The van der Waals surface area contributed by atoms with Gasteiger partial charge in [-0.2, -0.15) is 5.06 Å². The number of aliphatic hydroxyl groups is 1. The normalized spacial score (nSPS) is 13.0. The van der Waals surface area contributed by atoms with Gasteiger partial charge in [-0.3, -0.25) is 4.84 Å². The molecular formula is C20H24FNO4. The maximum atomic E-state index is 14.3. The molecule has 0 fully saturated rings.